The van der Waals surface area contributed by atoms with Crippen molar-refractivity contribution >= 4 is 17.1 Å². The van der Waals surface area contributed by atoms with Crippen LogP contribution in [-0.2, 0) is 0 Å². The van der Waals surface area contributed by atoms with Crippen molar-refractivity contribution in [2.75, 3.05) is 5.01 Å². The van der Waals surface area contributed by atoms with Crippen LogP contribution in [-0.4, -0.2) is 32.0 Å². The number of aliphatic hydroxyl groups is 1. The Morgan fingerprint density at radius 1 is 1.43 bits per heavy atom. The molecule has 0 saturated heterocycles. The molecule has 0 fully saturated rings. The van der Waals surface area contributed by atoms with Crippen molar-refractivity contribution in [3.8, 4) is 0 Å². The number of nitrogens with one attached hydrogen (secondary N) is 2. The van der Waals surface area contributed by atoms with E-state index in [1.807, 2.05) is 19.1 Å². The van der Waals surface area contributed by atoms with Crippen LogP contribution in [0.3, 0.4) is 0 Å². The second-order valence-electron chi connectivity index (χ2n) is 5.20. The molecule has 3 rings (SSSR count). The van der Waals surface area contributed by atoms with Gasteiger partial charge in [0.2, 0.25) is 0 Å². The SMILES string of the molecule is CCCC(=N)c1cc(N2NC=C(c3cccnc3)C2O)ncn1. The Hall–Kier alpha value is -2.80. The zero-order valence-corrected chi connectivity index (χ0v) is 12.8. The molecule has 0 amide bonds. The van der Waals surface area contributed by atoms with Crippen molar-refractivity contribution in [3.05, 3.63) is 54.4 Å². The van der Waals surface area contributed by atoms with Gasteiger partial charge in [0.25, 0.3) is 0 Å². The van der Waals surface area contributed by atoms with Gasteiger partial charge < -0.3 is 15.9 Å². The highest BCUT2D eigenvalue weighted by Crippen LogP contribution is 2.26. The lowest BCUT2D eigenvalue weighted by Crippen LogP contribution is -2.39. The first-order chi connectivity index (χ1) is 11.2. The molecule has 3 N–H and O–H groups in total. The van der Waals surface area contributed by atoms with Gasteiger partial charge in [-0.3, -0.25) is 4.98 Å². The molecule has 7 nitrogen and oxygen atoms in total. The predicted molar refractivity (Wildman–Crippen MR) is 87.6 cm³/mol. The Balaban J connectivity index is 1.82. The maximum atomic E-state index is 10.5. The van der Waals surface area contributed by atoms with Gasteiger partial charge in [0, 0.05) is 35.8 Å². The molecule has 1 unspecified atom stereocenters. The van der Waals surface area contributed by atoms with E-state index in [4.69, 9.17) is 5.41 Å². The fourth-order valence-corrected chi connectivity index (χ4v) is 2.40. The molecular formula is C16H18N6O. The van der Waals surface area contributed by atoms with E-state index in [9.17, 15) is 5.11 Å². The molecule has 1 atom stereocenters. The van der Waals surface area contributed by atoms with Crippen molar-refractivity contribution in [3.63, 3.8) is 0 Å². The van der Waals surface area contributed by atoms with Crippen molar-refractivity contribution in [2.24, 2.45) is 0 Å². The van der Waals surface area contributed by atoms with E-state index in [0.29, 0.717) is 29.2 Å². The summed E-state index contributed by atoms with van der Waals surface area (Å²) in [5.74, 6) is 0.512. The number of aromatic nitrogens is 3. The summed E-state index contributed by atoms with van der Waals surface area (Å²) in [5, 5.41) is 20.1. The van der Waals surface area contributed by atoms with Crippen LogP contribution in [0.1, 0.15) is 31.0 Å². The molecule has 118 valence electrons. The molecule has 1 aliphatic rings. The second-order valence-corrected chi connectivity index (χ2v) is 5.20. The number of pyridine rings is 1. The van der Waals surface area contributed by atoms with Crippen LogP contribution >= 0.6 is 0 Å². The third kappa shape index (κ3) is 3.04. The van der Waals surface area contributed by atoms with Crippen LogP contribution in [0.5, 0.6) is 0 Å². The zero-order valence-electron chi connectivity index (χ0n) is 12.8. The average molecular weight is 310 g/mol. The van der Waals surface area contributed by atoms with Gasteiger partial charge in [0.1, 0.15) is 6.33 Å². The summed E-state index contributed by atoms with van der Waals surface area (Å²) in [4.78, 5) is 12.4. The molecule has 2 aromatic heterocycles. The first kappa shape index (κ1) is 15.1. The summed E-state index contributed by atoms with van der Waals surface area (Å²) >= 11 is 0. The minimum Gasteiger partial charge on any atom is -0.368 e. The monoisotopic (exact) mass is 310 g/mol. The van der Waals surface area contributed by atoms with E-state index in [1.54, 1.807) is 24.7 Å². The van der Waals surface area contributed by atoms with Gasteiger partial charge in [-0.05, 0) is 12.5 Å². The van der Waals surface area contributed by atoms with Crippen LogP contribution in [0, 0.1) is 5.41 Å². The van der Waals surface area contributed by atoms with Crippen LogP contribution in [0.15, 0.2) is 43.1 Å². The Bertz CT molecular complexity index is 730. The highest BCUT2D eigenvalue weighted by Gasteiger charge is 2.28. The number of anilines is 1. The Morgan fingerprint density at radius 2 is 2.30 bits per heavy atom. The van der Waals surface area contributed by atoms with Crippen molar-refractivity contribution in [1.29, 1.82) is 5.41 Å². The number of rotatable bonds is 5. The van der Waals surface area contributed by atoms with Gasteiger partial charge in [0.15, 0.2) is 12.0 Å². The third-order valence-corrected chi connectivity index (χ3v) is 3.59. The molecule has 0 spiro atoms. The molecule has 0 aliphatic carbocycles. The standard InChI is InChI=1S/C16H18N6O/c1-2-4-13(17)14-7-15(20-10-19-14)22-16(23)12(9-21-22)11-5-3-6-18-8-11/h3,5-10,16-17,21,23H,2,4H2,1H3. The fraction of sp³-hybridized carbons (Fsp3) is 0.250. The molecule has 1 aliphatic heterocycles. The predicted octanol–water partition coefficient (Wildman–Crippen LogP) is 1.72. The van der Waals surface area contributed by atoms with Gasteiger partial charge in [-0.25, -0.2) is 15.0 Å². The fourth-order valence-electron chi connectivity index (χ4n) is 2.40. The van der Waals surface area contributed by atoms with E-state index in [0.717, 1.165) is 12.0 Å². The largest absolute Gasteiger partial charge is 0.368 e. The Labute approximate surface area is 134 Å². The summed E-state index contributed by atoms with van der Waals surface area (Å²) in [6.07, 6.45) is 7.17. The summed E-state index contributed by atoms with van der Waals surface area (Å²) in [5.41, 5.74) is 5.58. The highest BCUT2D eigenvalue weighted by molar-refractivity contribution is 5.96. The van der Waals surface area contributed by atoms with Gasteiger partial charge in [0.05, 0.1) is 11.4 Å². The maximum absolute atomic E-state index is 10.5. The second kappa shape index (κ2) is 6.53. The molecule has 3 heterocycles. The summed E-state index contributed by atoms with van der Waals surface area (Å²) in [7, 11) is 0. The van der Waals surface area contributed by atoms with Gasteiger partial charge in [-0.15, -0.1) is 0 Å². The molecule has 0 bridgehead atoms. The lowest BCUT2D eigenvalue weighted by molar-refractivity contribution is 0.225. The van der Waals surface area contributed by atoms with Crippen LogP contribution in [0.25, 0.3) is 5.57 Å². The normalized spacial score (nSPS) is 16.9. The number of hydrogen-bond acceptors (Lipinski definition) is 7. The number of nitrogens with zero attached hydrogens (tertiary/aromatic N) is 4. The average Bonchev–Trinajstić information content (AvgIpc) is 2.97. The van der Waals surface area contributed by atoms with Crippen molar-refractivity contribution in [2.45, 2.75) is 26.0 Å². The zero-order chi connectivity index (χ0) is 16.2. The van der Waals surface area contributed by atoms with Gasteiger partial charge in [-0.2, -0.15) is 0 Å². The summed E-state index contributed by atoms with van der Waals surface area (Å²) < 4.78 is 0. The lowest BCUT2D eigenvalue weighted by atomic mass is 10.1. The minimum atomic E-state index is -0.887. The molecular weight excluding hydrogens is 292 g/mol. The third-order valence-electron chi connectivity index (χ3n) is 3.59. The van der Waals surface area contributed by atoms with Crippen molar-refractivity contribution in [1.82, 2.24) is 20.4 Å². The van der Waals surface area contributed by atoms with Crippen LogP contribution < -0.4 is 10.4 Å². The number of aliphatic hydroxyl groups excluding tert-OH is 1. The minimum absolute atomic E-state index is 0.463. The molecule has 0 radical (unpaired) electrons. The quantitative estimate of drug-likeness (QED) is 0.728. The van der Waals surface area contributed by atoms with Crippen LogP contribution in [0.2, 0.25) is 0 Å². The summed E-state index contributed by atoms with van der Waals surface area (Å²) in [6.45, 7) is 2.02. The van der Waals surface area contributed by atoms with E-state index in [2.05, 4.69) is 20.4 Å². The Kier molecular flexibility index (Phi) is 4.29. The molecule has 7 heteroatoms. The lowest BCUT2D eigenvalue weighted by Gasteiger charge is -2.23. The molecule has 0 aromatic carbocycles. The molecule has 2 aromatic rings. The maximum Gasteiger partial charge on any atom is 0.175 e. The number of hydrogen-bond donors (Lipinski definition) is 3. The first-order valence-electron chi connectivity index (χ1n) is 7.44. The highest BCUT2D eigenvalue weighted by atomic mass is 16.3. The molecule has 0 saturated carbocycles. The van der Waals surface area contributed by atoms with Crippen LogP contribution in [0.4, 0.5) is 5.82 Å². The van der Waals surface area contributed by atoms with E-state index in [1.165, 1.54) is 11.3 Å². The van der Waals surface area contributed by atoms with E-state index < -0.39 is 6.23 Å². The van der Waals surface area contributed by atoms with E-state index >= 15 is 0 Å². The summed E-state index contributed by atoms with van der Waals surface area (Å²) in [6, 6.07) is 5.41. The van der Waals surface area contributed by atoms with Gasteiger partial charge >= 0.3 is 0 Å². The van der Waals surface area contributed by atoms with E-state index in [-0.39, 0.29) is 0 Å². The van der Waals surface area contributed by atoms with Gasteiger partial charge in [-0.1, -0.05) is 19.4 Å². The molecule has 23 heavy (non-hydrogen) atoms. The number of hydrazine groups is 1. The smallest absolute Gasteiger partial charge is 0.175 e. The van der Waals surface area contributed by atoms with Crippen molar-refractivity contribution < 1.29 is 5.11 Å². The Morgan fingerprint density at radius 3 is 3.04 bits per heavy atom. The first-order valence-corrected chi connectivity index (χ1v) is 7.44. The topological polar surface area (TPSA) is 98.0 Å².